The molecule has 2 heteroatoms. The van der Waals surface area contributed by atoms with E-state index in [0.717, 1.165) is 19.3 Å². The van der Waals surface area contributed by atoms with Gasteiger partial charge in [0.05, 0.1) is 11.6 Å². The normalized spacial score (nSPS) is 21.0. The Morgan fingerprint density at radius 2 is 2.00 bits per heavy atom. The summed E-state index contributed by atoms with van der Waals surface area (Å²) < 4.78 is 0. The average molecular weight is 199 g/mol. The number of benzene rings is 1. The van der Waals surface area contributed by atoms with Crippen LogP contribution >= 0.6 is 0 Å². The van der Waals surface area contributed by atoms with Crippen LogP contribution in [-0.2, 0) is 4.79 Å². The highest BCUT2D eigenvalue weighted by Gasteiger charge is 2.20. The van der Waals surface area contributed by atoms with Crippen LogP contribution in [0.4, 0.5) is 0 Å². The molecule has 1 saturated carbocycles. The second kappa shape index (κ2) is 4.27. The van der Waals surface area contributed by atoms with E-state index in [1.165, 1.54) is 5.56 Å². The molecule has 2 rings (SSSR count). The summed E-state index contributed by atoms with van der Waals surface area (Å²) in [4.78, 5) is 11.3. The van der Waals surface area contributed by atoms with E-state index in [4.69, 9.17) is 5.26 Å². The standard InChI is InChI=1S/C13H13NO/c14-9-10-4-6-11(7-5-10)12-2-1-3-13(15)8-12/h4-7,12H,1-3,8H2/t12-/m0/s1. The zero-order valence-electron chi connectivity index (χ0n) is 8.57. The third-order valence-electron chi connectivity index (χ3n) is 2.99. The Bertz CT molecular complexity index is 400. The van der Waals surface area contributed by atoms with Gasteiger partial charge in [-0.1, -0.05) is 12.1 Å². The first-order valence-electron chi connectivity index (χ1n) is 5.31. The lowest BCUT2D eigenvalue weighted by atomic mass is 9.83. The van der Waals surface area contributed by atoms with E-state index in [1.54, 1.807) is 0 Å². The van der Waals surface area contributed by atoms with E-state index >= 15 is 0 Å². The van der Waals surface area contributed by atoms with Gasteiger partial charge in [-0.25, -0.2) is 0 Å². The minimum absolute atomic E-state index is 0.371. The monoisotopic (exact) mass is 199 g/mol. The summed E-state index contributed by atoms with van der Waals surface area (Å²) >= 11 is 0. The maximum Gasteiger partial charge on any atom is 0.133 e. The fourth-order valence-corrected chi connectivity index (χ4v) is 2.14. The Balaban J connectivity index is 2.15. The number of hydrogen-bond donors (Lipinski definition) is 0. The summed E-state index contributed by atoms with van der Waals surface area (Å²) in [5, 5.41) is 8.68. The second-order valence-corrected chi connectivity index (χ2v) is 4.07. The summed E-state index contributed by atoms with van der Waals surface area (Å²) in [5.41, 5.74) is 1.88. The van der Waals surface area contributed by atoms with Gasteiger partial charge in [0.25, 0.3) is 0 Å². The quantitative estimate of drug-likeness (QED) is 0.697. The van der Waals surface area contributed by atoms with Gasteiger partial charge < -0.3 is 0 Å². The molecule has 0 spiro atoms. The van der Waals surface area contributed by atoms with E-state index in [9.17, 15) is 4.79 Å². The predicted octanol–water partition coefficient (Wildman–Crippen LogP) is 2.78. The summed E-state index contributed by atoms with van der Waals surface area (Å²) in [5.74, 6) is 0.745. The Morgan fingerprint density at radius 1 is 1.27 bits per heavy atom. The van der Waals surface area contributed by atoms with Crippen LogP contribution in [0.25, 0.3) is 0 Å². The van der Waals surface area contributed by atoms with E-state index < -0.39 is 0 Å². The molecule has 0 bridgehead atoms. The first kappa shape index (κ1) is 9.92. The lowest BCUT2D eigenvalue weighted by Crippen LogP contribution is -2.13. The summed E-state index contributed by atoms with van der Waals surface area (Å²) in [6.07, 6.45) is 3.51. The van der Waals surface area contributed by atoms with Crippen molar-refractivity contribution in [2.75, 3.05) is 0 Å². The third kappa shape index (κ3) is 2.24. The number of carbonyl (C=O) groups is 1. The van der Waals surface area contributed by atoms with Gasteiger partial charge in [0, 0.05) is 12.8 Å². The SMILES string of the molecule is N#Cc1ccc([C@H]2CCCC(=O)C2)cc1. The Hall–Kier alpha value is -1.62. The molecular formula is C13H13NO. The minimum Gasteiger partial charge on any atom is -0.300 e. The molecule has 0 unspecified atom stereocenters. The van der Waals surface area contributed by atoms with Crippen molar-refractivity contribution in [1.29, 1.82) is 5.26 Å². The van der Waals surface area contributed by atoms with Gasteiger partial charge in [-0.2, -0.15) is 5.26 Å². The molecule has 1 fully saturated rings. The average Bonchev–Trinajstić information content (AvgIpc) is 2.29. The molecule has 0 heterocycles. The van der Waals surface area contributed by atoms with Crippen LogP contribution < -0.4 is 0 Å². The van der Waals surface area contributed by atoms with Gasteiger partial charge in [-0.15, -0.1) is 0 Å². The molecule has 0 amide bonds. The molecule has 0 radical (unpaired) electrons. The number of carbonyl (C=O) groups excluding carboxylic acids is 1. The van der Waals surface area contributed by atoms with Crippen molar-refractivity contribution < 1.29 is 4.79 Å². The maximum atomic E-state index is 11.3. The van der Waals surface area contributed by atoms with Crippen molar-refractivity contribution in [3.63, 3.8) is 0 Å². The van der Waals surface area contributed by atoms with E-state index in [2.05, 4.69) is 6.07 Å². The first-order valence-corrected chi connectivity index (χ1v) is 5.31. The van der Waals surface area contributed by atoms with Gasteiger partial charge >= 0.3 is 0 Å². The molecule has 15 heavy (non-hydrogen) atoms. The van der Waals surface area contributed by atoms with Gasteiger partial charge in [0.2, 0.25) is 0 Å². The predicted molar refractivity (Wildman–Crippen MR) is 57.4 cm³/mol. The van der Waals surface area contributed by atoms with Crippen molar-refractivity contribution in [2.24, 2.45) is 0 Å². The number of ketones is 1. The van der Waals surface area contributed by atoms with Gasteiger partial charge in [-0.05, 0) is 36.5 Å². The number of rotatable bonds is 1. The van der Waals surface area contributed by atoms with Gasteiger partial charge in [0.15, 0.2) is 0 Å². The van der Waals surface area contributed by atoms with Gasteiger partial charge in [0.1, 0.15) is 5.78 Å². The fourth-order valence-electron chi connectivity index (χ4n) is 2.14. The molecule has 0 aliphatic heterocycles. The highest BCUT2D eigenvalue weighted by Crippen LogP contribution is 2.30. The topological polar surface area (TPSA) is 40.9 Å². The van der Waals surface area contributed by atoms with Crippen LogP contribution in [-0.4, -0.2) is 5.78 Å². The first-order chi connectivity index (χ1) is 7.29. The molecule has 1 aromatic carbocycles. The molecular weight excluding hydrogens is 186 g/mol. The highest BCUT2D eigenvalue weighted by molar-refractivity contribution is 5.80. The zero-order valence-corrected chi connectivity index (χ0v) is 8.57. The highest BCUT2D eigenvalue weighted by atomic mass is 16.1. The van der Waals surface area contributed by atoms with E-state index in [0.29, 0.717) is 23.7 Å². The molecule has 1 aromatic rings. The molecule has 76 valence electrons. The zero-order chi connectivity index (χ0) is 10.7. The van der Waals surface area contributed by atoms with Crippen molar-refractivity contribution in [1.82, 2.24) is 0 Å². The lowest BCUT2D eigenvalue weighted by Gasteiger charge is -2.20. The van der Waals surface area contributed by atoms with Crippen LogP contribution in [0.3, 0.4) is 0 Å². The smallest absolute Gasteiger partial charge is 0.133 e. The van der Waals surface area contributed by atoms with Crippen LogP contribution in [0.2, 0.25) is 0 Å². The molecule has 0 aromatic heterocycles. The molecule has 1 aliphatic rings. The second-order valence-electron chi connectivity index (χ2n) is 4.07. The van der Waals surface area contributed by atoms with Crippen LogP contribution in [0.1, 0.15) is 42.7 Å². The van der Waals surface area contributed by atoms with Gasteiger partial charge in [-0.3, -0.25) is 4.79 Å². The lowest BCUT2D eigenvalue weighted by molar-refractivity contribution is -0.120. The van der Waals surface area contributed by atoms with Crippen molar-refractivity contribution in [3.8, 4) is 6.07 Å². The minimum atomic E-state index is 0.371. The number of Topliss-reactive ketones (excluding diaryl/α,β-unsaturated/α-hetero) is 1. The van der Waals surface area contributed by atoms with Crippen molar-refractivity contribution in [3.05, 3.63) is 35.4 Å². The molecule has 1 atom stereocenters. The Morgan fingerprint density at radius 3 is 2.60 bits per heavy atom. The van der Waals surface area contributed by atoms with Crippen LogP contribution in [0.5, 0.6) is 0 Å². The van der Waals surface area contributed by atoms with Crippen molar-refractivity contribution in [2.45, 2.75) is 31.6 Å². The van der Waals surface area contributed by atoms with Crippen LogP contribution in [0, 0.1) is 11.3 Å². The van der Waals surface area contributed by atoms with E-state index in [1.807, 2.05) is 24.3 Å². The number of hydrogen-bond acceptors (Lipinski definition) is 2. The fraction of sp³-hybridized carbons (Fsp3) is 0.385. The Labute approximate surface area is 89.5 Å². The summed E-state index contributed by atoms with van der Waals surface area (Å²) in [7, 11) is 0. The molecule has 0 N–H and O–H groups in total. The summed E-state index contributed by atoms with van der Waals surface area (Å²) in [6.45, 7) is 0. The van der Waals surface area contributed by atoms with Crippen LogP contribution in [0.15, 0.2) is 24.3 Å². The summed E-state index contributed by atoms with van der Waals surface area (Å²) in [6, 6.07) is 9.70. The molecule has 0 saturated heterocycles. The molecule has 1 aliphatic carbocycles. The Kier molecular flexibility index (Phi) is 2.82. The number of nitriles is 1. The maximum absolute atomic E-state index is 11.3. The number of nitrogens with zero attached hydrogens (tertiary/aromatic N) is 1. The van der Waals surface area contributed by atoms with Crippen molar-refractivity contribution >= 4 is 5.78 Å². The third-order valence-corrected chi connectivity index (χ3v) is 2.99. The molecule has 2 nitrogen and oxygen atoms in total. The largest absolute Gasteiger partial charge is 0.300 e. The van der Waals surface area contributed by atoms with E-state index in [-0.39, 0.29) is 0 Å².